The van der Waals surface area contributed by atoms with Crippen molar-refractivity contribution in [2.24, 2.45) is 0 Å². The van der Waals surface area contributed by atoms with Crippen LogP contribution < -0.4 is 5.32 Å². The van der Waals surface area contributed by atoms with Gasteiger partial charge in [-0.1, -0.05) is 12.1 Å². The number of nitrogens with zero attached hydrogens (tertiary/aromatic N) is 1. The lowest BCUT2D eigenvalue weighted by Gasteiger charge is -2.22. The van der Waals surface area contributed by atoms with Crippen molar-refractivity contribution in [1.29, 1.82) is 0 Å². The van der Waals surface area contributed by atoms with Crippen LogP contribution in [0.2, 0.25) is 0 Å². The van der Waals surface area contributed by atoms with Gasteiger partial charge < -0.3 is 15.2 Å². The van der Waals surface area contributed by atoms with Crippen molar-refractivity contribution in [3.05, 3.63) is 51.7 Å². The van der Waals surface area contributed by atoms with Gasteiger partial charge in [0.05, 0.1) is 17.5 Å². The minimum atomic E-state index is -4.01. The Bertz CT molecular complexity index is 1020. The zero-order valence-electron chi connectivity index (χ0n) is 16.7. The molecule has 2 heterocycles. The molecule has 1 aliphatic rings. The number of amides is 1. The van der Waals surface area contributed by atoms with E-state index in [4.69, 9.17) is 4.74 Å². The summed E-state index contributed by atoms with van der Waals surface area (Å²) < 4.78 is 32.1. The van der Waals surface area contributed by atoms with Gasteiger partial charge in [0, 0.05) is 17.8 Å². The molecule has 0 bridgehead atoms. The summed E-state index contributed by atoms with van der Waals surface area (Å²) in [4.78, 5) is 25.5. The maximum Gasteiger partial charge on any atom is 0.325 e. The van der Waals surface area contributed by atoms with E-state index >= 15 is 0 Å². The highest BCUT2D eigenvalue weighted by atomic mass is 32.2. The van der Waals surface area contributed by atoms with Gasteiger partial charge >= 0.3 is 5.97 Å². The summed E-state index contributed by atoms with van der Waals surface area (Å²) in [6.07, 6.45) is -1.07. The van der Waals surface area contributed by atoms with Crippen LogP contribution in [0.5, 0.6) is 0 Å². The van der Waals surface area contributed by atoms with Crippen LogP contribution in [-0.4, -0.2) is 55.0 Å². The van der Waals surface area contributed by atoms with E-state index in [2.05, 4.69) is 5.32 Å². The number of aliphatic hydroxyl groups excluding tert-OH is 1. The van der Waals surface area contributed by atoms with E-state index in [0.717, 1.165) is 20.3 Å². The van der Waals surface area contributed by atoms with Gasteiger partial charge in [0.1, 0.15) is 6.04 Å². The van der Waals surface area contributed by atoms with Gasteiger partial charge in [-0.2, -0.15) is 4.31 Å². The number of benzene rings is 1. The molecule has 0 aliphatic carbocycles. The number of hydrogen-bond acceptors (Lipinski definition) is 7. The van der Waals surface area contributed by atoms with Crippen LogP contribution in [0, 0.1) is 13.8 Å². The molecule has 1 aromatic heterocycles. The molecule has 1 amide bonds. The van der Waals surface area contributed by atoms with Crippen molar-refractivity contribution in [3.8, 4) is 0 Å². The van der Waals surface area contributed by atoms with Crippen LogP contribution in [0.3, 0.4) is 0 Å². The first kappa shape index (κ1) is 22.4. The fraction of sp³-hybridized carbons (Fsp3) is 0.400. The summed E-state index contributed by atoms with van der Waals surface area (Å²) in [5.74, 6) is -1.34. The maximum absolute atomic E-state index is 13.1. The molecule has 1 saturated heterocycles. The molecule has 0 radical (unpaired) electrons. The second-order valence-corrected chi connectivity index (χ2v) is 10.1. The Balaban J connectivity index is 1.65. The number of carbonyl (C=O) groups excluding carboxylic acids is 2. The van der Waals surface area contributed by atoms with Gasteiger partial charge in [-0.3, -0.25) is 9.59 Å². The Morgan fingerprint density at radius 1 is 1.27 bits per heavy atom. The maximum atomic E-state index is 13.1. The van der Waals surface area contributed by atoms with E-state index in [-0.39, 0.29) is 17.9 Å². The Labute approximate surface area is 179 Å². The van der Waals surface area contributed by atoms with Gasteiger partial charge in [-0.15, -0.1) is 11.3 Å². The number of β-amino-alcohol motifs (C(OH)–C–C–N with tert-alkyl or cyclic N) is 1. The highest BCUT2D eigenvalue weighted by Gasteiger charge is 2.44. The normalized spacial score (nSPS) is 19.6. The zero-order chi connectivity index (χ0) is 21.9. The Morgan fingerprint density at radius 2 is 2.03 bits per heavy atom. The third-order valence-corrected chi connectivity index (χ3v) is 7.72. The van der Waals surface area contributed by atoms with Crippen LogP contribution in [-0.2, 0) is 30.9 Å². The van der Waals surface area contributed by atoms with Crippen molar-refractivity contribution in [3.63, 3.8) is 0 Å². The van der Waals surface area contributed by atoms with Crippen molar-refractivity contribution in [2.75, 3.05) is 13.2 Å². The molecule has 2 aromatic rings. The number of ether oxygens (including phenoxy) is 1. The van der Waals surface area contributed by atoms with Gasteiger partial charge in [0.25, 0.3) is 5.91 Å². The zero-order valence-corrected chi connectivity index (χ0v) is 18.3. The molecule has 1 aromatic carbocycles. The Hall–Kier alpha value is -2.27. The monoisotopic (exact) mass is 452 g/mol. The Morgan fingerprint density at radius 3 is 2.70 bits per heavy atom. The number of esters is 1. The minimum Gasteiger partial charge on any atom is -0.454 e. The average Bonchev–Trinajstić information content (AvgIpc) is 3.36. The molecule has 10 heteroatoms. The molecule has 0 spiro atoms. The predicted octanol–water partition coefficient (Wildman–Crippen LogP) is 1.35. The summed E-state index contributed by atoms with van der Waals surface area (Å²) in [6, 6.07) is 7.25. The largest absolute Gasteiger partial charge is 0.454 e. The second kappa shape index (κ2) is 9.25. The SMILES string of the molecule is Cc1ccc(S(=O)(=O)N2CC(O)C[C@H]2C(=O)OCC(=O)NCc2cccs2)cc1C. The van der Waals surface area contributed by atoms with Crippen molar-refractivity contribution in [1.82, 2.24) is 9.62 Å². The smallest absolute Gasteiger partial charge is 0.325 e. The fourth-order valence-electron chi connectivity index (χ4n) is 3.16. The van der Waals surface area contributed by atoms with Gasteiger partial charge in [0.15, 0.2) is 6.61 Å². The van der Waals surface area contributed by atoms with E-state index in [1.807, 2.05) is 24.4 Å². The number of thiophene rings is 1. The fourth-order valence-corrected chi connectivity index (χ4v) is 5.51. The summed E-state index contributed by atoms with van der Waals surface area (Å²) in [7, 11) is -4.01. The van der Waals surface area contributed by atoms with E-state index in [9.17, 15) is 23.1 Å². The van der Waals surface area contributed by atoms with Crippen molar-refractivity contribution in [2.45, 2.75) is 43.9 Å². The molecule has 162 valence electrons. The van der Waals surface area contributed by atoms with Crippen LogP contribution in [0.25, 0.3) is 0 Å². The molecule has 1 fully saturated rings. The number of carbonyl (C=O) groups is 2. The van der Waals surface area contributed by atoms with Crippen LogP contribution >= 0.6 is 11.3 Å². The molecule has 30 heavy (non-hydrogen) atoms. The third kappa shape index (κ3) is 5.07. The topological polar surface area (TPSA) is 113 Å². The average molecular weight is 453 g/mol. The van der Waals surface area contributed by atoms with E-state index in [1.54, 1.807) is 13.0 Å². The van der Waals surface area contributed by atoms with Crippen LogP contribution in [0.4, 0.5) is 0 Å². The molecule has 3 rings (SSSR count). The molecule has 2 N–H and O–H groups in total. The lowest BCUT2D eigenvalue weighted by atomic mass is 10.1. The third-order valence-electron chi connectivity index (χ3n) is 4.98. The van der Waals surface area contributed by atoms with Crippen molar-refractivity contribution < 1.29 is 27.9 Å². The lowest BCUT2D eigenvalue weighted by Crippen LogP contribution is -2.42. The standard InChI is InChI=1S/C20H24N2O6S2/c1-13-5-6-17(8-14(13)2)30(26,27)22-11-15(23)9-18(22)20(25)28-12-19(24)21-10-16-4-3-7-29-16/h3-8,15,18,23H,9-12H2,1-2H3,(H,21,24)/t15?,18-/m0/s1. The first-order chi connectivity index (χ1) is 14.2. The van der Waals surface area contributed by atoms with Crippen LogP contribution in [0.15, 0.2) is 40.6 Å². The molecule has 1 unspecified atom stereocenters. The quantitative estimate of drug-likeness (QED) is 0.613. The number of aliphatic hydroxyl groups is 1. The molecule has 0 saturated carbocycles. The molecule has 8 nitrogen and oxygen atoms in total. The lowest BCUT2D eigenvalue weighted by molar-refractivity contribution is -0.151. The highest BCUT2D eigenvalue weighted by molar-refractivity contribution is 7.89. The molecule has 1 aliphatic heterocycles. The molecular formula is C20H24N2O6S2. The molecular weight excluding hydrogens is 428 g/mol. The van der Waals surface area contributed by atoms with E-state index < -0.39 is 40.7 Å². The summed E-state index contributed by atoms with van der Waals surface area (Å²) in [6.45, 7) is 3.26. The van der Waals surface area contributed by atoms with E-state index in [1.165, 1.54) is 23.5 Å². The number of sulfonamides is 1. The van der Waals surface area contributed by atoms with Gasteiger partial charge in [-0.25, -0.2) is 8.42 Å². The number of nitrogens with one attached hydrogen (secondary N) is 1. The highest BCUT2D eigenvalue weighted by Crippen LogP contribution is 2.28. The predicted molar refractivity (Wildman–Crippen MR) is 111 cm³/mol. The van der Waals surface area contributed by atoms with Crippen LogP contribution in [0.1, 0.15) is 22.4 Å². The number of rotatable bonds is 7. The summed E-state index contributed by atoms with van der Waals surface area (Å²) >= 11 is 1.49. The summed E-state index contributed by atoms with van der Waals surface area (Å²) in [5, 5.41) is 14.5. The van der Waals surface area contributed by atoms with Gasteiger partial charge in [-0.05, 0) is 48.6 Å². The second-order valence-electron chi connectivity index (χ2n) is 7.19. The minimum absolute atomic E-state index is 0.0474. The number of aryl methyl sites for hydroxylation is 2. The molecule has 2 atom stereocenters. The van der Waals surface area contributed by atoms with Gasteiger partial charge in [0.2, 0.25) is 10.0 Å². The van der Waals surface area contributed by atoms with Crippen molar-refractivity contribution >= 4 is 33.2 Å². The van der Waals surface area contributed by atoms with E-state index in [0.29, 0.717) is 6.54 Å². The Kier molecular flexibility index (Phi) is 6.91. The number of hydrogen-bond donors (Lipinski definition) is 2. The first-order valence-corrected chi connectivity index (χ1v) is 11.7. The summed E-state index contributed by atoms with van der Waals surface area (Å²) in [5.41, 5.74) is 1.75. The first-order valence-electron chi connectivity index (χ1n) is 9.41.